The molecule has 0 bridgehead atoms. The summed E-state index contributed by atoms with van der Waals surface area (Å²) in [5.41, 5.74) is 5.35. The van der Waals surface area contributed by atoms with Gasteiger partial charge < -0.3 is 9.15 Å². The van der Waals surface area contributed by atoms with E-state index in [1.54, 1.807) is 6.07 Å². The van der Waals surface area contributed by atoms with Gasteiger partial charge in [0.25, 0.3) is 5.91 Å². The molecule has 0 saturated heterocycles. The van der Waals surface area contributed by atoms with Crippen molar-refractivity contribution in [3.8, 4) is 17.1 Å². The van der Waals surface area contributed by atoms with Crippen molar-refractivity contribution in [3.63, 3.8) is 0 Å². The molecule has 0 aliphatic carbocycles. The van der Waals surface area contributed by atoms with E-state index in [0.29, 0.717) is 16.3 Å². The van der Waals surface area contributed by atoms with Gasteiger partial charge in [0.2, 0.25) is 0 Å². The lowest BCUT2D eigenvalue weighted by molar-refractivity contribution is 0.0830. The van der Waals surface area contributed by atoms with E-state index in [0.717, 1.165) is 0 Å². The lowest BCUT2D eigenvalue weighted by Gasteiger charge is -2.10. The third-order valence-electron chi connectivity index (χ3n) is 3.66. The van der Waals surface area contributed by atoms with Crippen molar-refractivity contribution in [2.24, 2.45) is 0 Å². The molecule has 3 rings (SSSR count). The molecule has 0 saturated carbocycles. The largest absolute Gasteiger partial charge is 0.496 e. The van der Waals surface area contributed by atoms with Crippen LogP contribution in [0.4, 0.5) is 4.39 Å². The van der Waals surface area contributed by atoms with Gasteiger partial charge in [-0.15, -0.1) is 0 Å². The second kappa shape index (κ2) is 7.92. The maximum atomic E-state index is 13.0. The lowest BCUT2D eigenvalue weighted by atomic mass is 10.2. The summed E-state index contributed by atoms with van der Waals surface area (Å²) >= 11 is 5.85. The molecule has 2 N–H and O–H groups in total. The Hall–Kier alpha value is -3.32. The minimum absolute atomic E-state index is 0.0160. The zero-order chi connectivity index (χ0) is 19.4. The number of furan rings is 1. The molecule has 8 heteroatoms. The maximum absolute atomic E-state index is 13.0. The molecule has 27 heavy (non-hydrogen) atoms. The summed E-state index contributed by atoms with van der Waals surface area (Å²) in [4.78, 5) is 24.4. The maximum Gasteiger partial charge on any atom is 0.305 e. The Labute approximate surface area is 158 Å². The molecule has 2 aromatic carbocycles. The highest BCUT2D eigenvalue weighted by atomic mass is 35.5. The van der Waals surface area contributed by atoms with Crippen molar-refractivity contribution in [2.75, 3.05) is 7.11 Å². The highest BCUT2D eigenvalue weighted by Crippen LogP contribution is 2.23. The fourth-order valence-electron chi connectivity index (χ4n) is 2.32. The number of carbonyl (C=O) groups excluding carboxylic acids is 2. The number of halogens is 2. The fraction of sp³-hybridized carbons (Fsp3) is 0.0526. The van der Waals surface area contributed by atoms with Crippen molar-refractivity contribution in [1.82, 2.24) is 10.9 Å². The minimum Gasteiger partial charge on any atom is -0.496 e. The van der Waals surface area contributed by atoms with E-state index in [-0.39, 0.29) is 22.9 Å². The van der Waals surface area contributed by atoms with E-state index in [1.807, 2.05) is 0 Å². The summed E-state index contributed by atoms with van der Waals surface area (Å²) in [5.74, 6) is -0.954. The van der Waals surface area contributed by atoms with Gasteiger partial charge >= 0.3 is 5.91 Å². The van der Waals surface area contributed by atoms with Crippen LogP contribution in [-0.2, 0) is 0 Å². The Kier molecular flexibility index (Phi) is 5.42. The van der Waals surface area contributed by atoms with Gasteiger partial charge in [-0.3, -0.25) is 20.4 Å². The van der Waals surface area contributed by atoms with Crippen LogP contribution >= 0.6 is 11.6 Å². The number of carbonyl (C=O) groups is 2. The van der Waals surface area contributed by atoms with E-state index >= 15 is 0 Å². The predicted molar refractivity (Wildman–Crippen MR) is 97.0 cm³/mol. The average Bonchev–Trinajstić information content (AvgIpc) is 3.16. The number of hydrogen-bond acceptors (Lipinski definition) is 4. The van der Waals surface area contributed by atoms with E-state index in [4.69, 9.17) is 20.8 Å². The highest BCUT2D eigenvalue weighted by molar-refractivity contribution is 6.30. The van der Waals surface area contributed by atoms with E-state index in [9.17, 15) is 14.0 Å². The molecular weight excluding hydrogens is 375 g/mol. The smallest absolute Gasteiger partial charge is 0.305 e. The predicted octanol–water partition coefficient (Wildman–Crippen LogP) is 3.82. The number of hydrogen-bond donors (Lipinski definition) is 2. The second-order valence-electron chi connectivity index (χ2n) is 5.42. The van der Waals surface area contributed by atoms with E-state index in [2.05, 4.69) is 10.9 Å². The van der Waals surface area contributed by atoms with Crippen LogP contribution in [-0.4, -0.2) is 18.9 Å². The number of ether oxygens (including phenoxy) is 1. The number of methoxy groups -OCH3 is 1. The van der Waals surface area contributed by atoms with Crippen molar-refractivity contribution < 1.29 is 23.1 Å². The van der Waals surface area contributed by atoms with Crippen molar-refractivity contribution in [3.05, 3.63) is 76.8 Å². The molecule has 0 fully saturated rings. The molecule has 138 valence electrons. The molecule has 3 aromatic rings. The Morgan fingerprint density at radius 1 is 1.00 bits per heavy atom. The van der Waals surface area contributed by atoms with E-state index in [1.165, 1.54) is 55.6 Å². The minimum atomic E-state index is -0.648. The lowest BCUT2D eigenvalue weighted by Crippen LogP contribution is -2.41. The van der Waals surface area contributed by atoms with Gasteiger partial charge in [-0.2, -0.15) is 0 Å². The van der Waals surface area contributed by atoms with Gasteiger partial charge in [0.05, 0.1) is 12.7 Å². The SMILES string of the molecule is COc1cc(Cl)ccc1C(=O)NNC(=O)c1ccc(-c2ccc(F)cc2)o1. The van der Waals surface area contributed by atoms with Gasteiger partial charge in [0.1, 0.15) is 17.3 Å². The Bertz CT molecular complexity index is 986. The normalized spacial score (nSPS) is 10.3. The average molecular weight is 389 g/mol. The molecule has 0 unspecified atom stereocenters. The molecule has 0 atom stereocenters. The van der Waals surface area contributed by atoms with Crippen molar-refractivity contribution >= 4 is 23.4 Å². The summed E-state index contributed by atoms with van der Waals surface area (Å²) < 4.78 is 23.5. The number of amides is 2. The van der Waals surface area contributed by atoms with Crippen LogP contribution in [0.5, 0.6) is 5.75 Å². The van der Waals surface area contributed by atoms with Gasteiger partial charge in [-0.1, -0.05) is 11.6 Å². The van der Waals surface area contributed by atoms with Crippen LogP contribution in [0.2, 0.25) is 5.02 Å². The van der Waals surface area contributed by atoms with Crippen LogP contribution in [0.15, 0.2) is 59.0 Å². The van der Waals surface area contributed by atoms with Crippen molar-refractivity contribution in [1.29, 1.82) is 0 Å². The molecule has 0 aliphatic rings. The summed E-state index contributed by atoms with van der Waals surface area (Å²) in [6.45, 7) is 0. The molecule has 1 heterocycles. The van der Waals surface area contributed by atoms with Crippen LogP contribution < -0.4 is 15.6 Å². The Balaban J connectivity index is 1.66. The van der Waals surface area contributed by atoms with E-state index < -0.39 is 11.8 Å². The van der Waals surface area contributed by atoms with Crippen molar-refractivity contribution in [2.45, 2.75) is 0 Å². The first-order valence-corrected chi connectivity index (χ1v) is 8.15. The first-order chi connectivity index (χ1) is 13.0. The number of nitrogens with one attached hydrogen (secondary N) is 2. The van der Waals surface area contributed by atoms with Gasteiger partial charge in [0, 0.05) is 10.6 Å². The molecule has 6 nitrogen and oxygen atoms in total. The van der Waals surface area contributed by atoms with Crippen LogP contribution in [0.25, 0.3) is 11.3 Å². The summed E-state index contributed by atoms with van der Waals surface area (Å²) in [6, 6.07) is 13.2. The number of benzene rings is 2. The number of hydrazine groups is 1. The molecule has 0 spiro atoms. The first-order valence-electron chi connectivity index (χ1n) is 7.78. The Morgan fingerprint density at radius 2 is 1.70 bits per heavy atom. The van der Waals surface area contributed by atoms with Gasteiger partial charge in [-0.25, -0.2) is 4.39 Å². The number of rotatable bonds is 4. The first kappa shape index (κ1) is 18.5. The van der Waals surface area contributed by atoms with Crippen LogP contribution in [0.3, 0.4) is 0 Å². The fourth-order valence-corrected chi connectivity index (χ4v) is 2.49. The third kappa shape index (κ3) is 4.27. The molecule has 1 aromatic heterocycles. The summed E-state index contributed by atoms with van der Waals surface area (Å²) in [7, 11) is 1.40. The second-order valence-corrected chi connectivity index (χ2v) is 5.86. The summed E-state index contributed by atoms with van der Waals surface area (Å²) in [5, 5.41) is 0.413. The molecule has 0 aliphatic heterocycles. The van der Waals surface area contributed by atoms with Gasteiger partial charge in [0.15, 0.2) is 5.76 Å². The quantitative estimate of drug-likeness (QED) is 0.666. The molecule has 0 radical (unpaired) electrons. The van der Waals surface area contributed by atoms with Crippen LogP contribution in [0.1, 0.15) is 20.9 Å². The van der Waals surface area contributed by atoms with Gasteiger partial charge in [-0.05, 0) is 54.6 Å². The van der Waals surface area contributed by atoms with Crippen LogP contribution in [0, 0.1) is 5.82 Å². The third-order valence-corrected chi connectivity index (χ3v) is 3.89. The summed E-state index contributed by atoms with van der Waals surface area (Å²) in [6.07, 6.45) is 0. The monoisotopic (exact) mass is 388 g/mol. The molecule has 2 amide bonds. The Morgan fingerprint density at radius 3 is 2.41 bits per heavy atom. The topological polar surface area (TPSA) is 80.6 Å². The zero-order valence-electron chi connectivity index (χ0n) is 14.1. The molecular formula is C19H14ClFN2O4. The zero-order valence-corrected chi connectivity index (χ0v) is 14.8. The standard InChI is InChI=1S/C19H14ClFN2O4/c1-26-17-10-12(20)4-7-14(17)18(24)22-23-19(25)16-9-8-15(27-16)11-2-5-13(21)6-3-11/h2-10H,1H3,(H,22,24)(H,23,25). The highest BCUT2D eigenvalue weighted by Gasteiger charge is 2.16.